The van der Waals surface area contributed by atoms with Crippen molar-refractivity contribution in [2.75, 3.05) is 17.2 Å². The molecule has 2 rings (SSSR count). The van der Waals surface area contributed by atoms with Crippen molar-refractivity contribution in [3.63, 3.8) is 0 Å². The Kier molecular flexibility index (Phi) is 7.58. The molecule has 0 aliphatic heterocycles. The smallest absolute Gasteiger partial charge is 0.406 e. The first-order valence-corrected chi connectivity index (χ1v) is 9.05. The molecule has 11 heteroatoms. The van der Waals surface area contributed by atoms with E-state index in [-0.39, 0.29) is 27.0 Å². The van der Waals surface area contributed by atoms with E-state index in [1.165, 1.54) is 18.2 Å². The molecule has 3 N–H and O–H groups in total. The number of hydrogen-bond donors (Lipinski definition) is 3. The molecule has 0 aliphatic carbocycles. The molecule has 2 aromatic carbocycles. The van der Waals surface area contributed by atoms with Gasteiger partial charge < -0.3 is 20.7 Å². The molecule has 29 heavy (non-hydrogen) atoms. The minimum atomic E-state index is -4.93. The fourth-order valence-electron chi connectivity index (χ4n) is 2.27. The number of ether oxygens (including phenoxy) is 1. The fraction of sp³-hybridized carbons (Fsp3) is 0.222. The summed E-state index contributed by atoms with van der Waals surface area (Å²) in [5, 5.41) is 7.90. The molecule has 0 saturated heterocycles. The summed E-state index contributed by atoms with van der Waals surface area (Å²) in [5.74, 6) is -1.16. The summed E-state index contributed by atoms with van der Waals surface area (Å²) in [7, 11) is 0. The SMILES string of the molecule is CCCNC(=O)c1ccc(OC(F)(F)F)cc1NC(=O)Nc1cc(Cl)cc(Cl)c1. The number of halogens is 5. The van der Waals surface area contributed by atoms with Gasteiger partial charge in [-0.2, -0.15) is 0 Å². The van der Waals surface area contributed by atoms with Gasteiger partial charge in [0, 0.05) is 28.3 Å². The second kappa shape index (κ2) is 9.71. The molecule has 0 spiro atoms. The third-order valence-electron chi connectivity index (χ3n) is 3.37. The number of rotatable bonds is 6. The first kappa shape index (κ1) is 22.6. The minimum absolute atomic E-state index is 0.0350. The quantitative estimate of drug-likeness (QED) is 0.530. The van der Waals surface area contributed by atoms with E-state index in [1.807, 2.05) is 6.92 Å². The van der Waals surface area contributed by atoms with Gasteiger partial charge in [-0.3, -0.25) is 4.79 Å². The Hall–Kier alpha value is -2.65. The van der Waals surface area contributed by atoms with E-state index in [9.17, 15) is 22.8 Å². The zero-order valence-electron chi connectivity index (χ0n) is 15.0. The van der Waals surface area contributed by atoms with E-state index in [1.54, 1.807) is 0 Å². The molecule has 0 fully saturated rings. The molecule has 0 heterocycles. The summed E-state index contributed by atoms with van der Waals surface area (Å²) in [6, 6.07) is 6.48. The van der Waals surface area contributed by atoms with Crippen molar-refractivity contribution in [2.45, 2.75) is 19.7 Å². The molecule has 6 nitrogen and oxygen atoms in total. The second-order valence-corrected chi connectivity index (χ2v) is 6.62. The highest BCUT2D eigenvalue weighted by Gasteiger charge is 2.31. The van der Waals surface area contributed by atoms with Crippen LogP contribution in [-0.2, 0) is 0 Å². The lowest BCUT2D eigenvalue weighted by molar-refractivity contribution is -0.274. The molecule has 0 bridgehead atoms. The van der Waals surface area contributed by atoms with Crippen LogP contribution in [0.3, 0.4) is 0 Å². The number of urea groups is 1. The molecule has 0 aromatic heterocycles. The number of carbonyl (C=O) groups is 2. The Bertz CT molecular complexity index is 887. The topological polar surface area (TPSA) is 79.5 Å². The zero-order chi connectivity index (χ0) is 21.6. The van der Waals surface area contributed by atoms with Gasteiger partial charge in [0.1, 0.15) is 5.75 Å². The summed E-state index contributed by atoms with van der Waals surface area (Å²) in [6.45, 7) is 2.19. The lowest BCUT2D eigenvalue weighted by atomic mass is 10.1. The van der Waals surface area contributed by atoms with Crippen molar-refractivity contribution in [1.29, 1.82) is 0 Å². The first-order valence-electron chi connectivity index (χ1n) is 8.29. The molecule has 156 valence electrons. The molecule has 0 radical (unpaired) electrons. The molecule has 0 atom stereocenters. The van der Waals surface area contributed by atoms with E-state index >= 15 is 0 Å². The van der Waals surface area contributed by atoms with Crippen molar-refractivity contribution in [3.05, 3.63) is 52.0 Å². The van der Waals surface area contributed by atoms with Crippen molar-refractivity contribution in [2.24, 2.45) is 0 Å². The van der Waals surface area contributed by atoms with Gasteiger partial charge >= 0.3 is 12.4 Å². The monoisotopic (exact) mass is 449 g/mol. The third-order valence-corrected chi connectivity index (χ3v) is 3.81. The van der Waals surface area contributed by atoms with E-state index in [2.05, 4.69) is 20.7 Å². The number of amides is 3. The molecular weight excluding hydrogens is 434 g/mol. The fourth-order valence-corrected chi connectivity index (χ4v) is 2.79. The van der Waals surface area contributed by atoms with Crippen molar-refractivity contribution in [1.82, 2.24) is 5.32 Å². The van der Waals surface area contributed by atoms with E-state index < -0.39 is 24.1 Å². The first-order chi connectivity index (χ1) is 13.6. The standard InChI is InChI=1S/C18H16Cl2F3N3O3/c1-2-5-24-16(27)14-4-3-13(29-18(21,22)23)9-15(14)26-17(28)25-12-7-10(19)6-11(20)8-12/h3-4,6-9H,2,5H2,1H3,(H,24,27)(H2,25,26,28). The van der Waals surface area contributed by atoms with Gasteiger partial charge in [0.25, 0.3) is 5.91 Å². The lowest BCUT2D eigenvalue weighted by Crippen LogP contribution is -2.27. The predicted molar refractivity (Wildman–Crippen MR) is 105 cm³/mol. The normalized spacial score (nSPS) is 11.0. The number of carbonyl (C=O) groups excluding carboxylic acids is 2. The van der Waals surface area contributed by atoms with Crippen LogP contribution in [0.15, 0.2) is 36.4 Å². The predicted octanol–water partition coefficient (Wildman–Crippen LogP) is 5.68. The van der Waals surface area contributed by atoms with Crippen LogP contribution in [0.1, 0.15) is 23.7 Å². The van der Waals surface area contributed by atoms with E-state index in [4.69, 9.17) is 23.2 Å². The van der Waals surface area contributed by atoms with Gasteiger partial charge in [-0.15, -0.1) is 13.2 Å². The number of nitrogens with one attached hydrogen (secondary N) is 3. The highest BCUT2D eigenvalue weighted by atomic mass is 35.5. The summed E-state index contributed by atoms with van der Waals surface area (Å²) in [5.41, 5.74) is 0.0397. The van der Waals surface area contributed by atoms with Gasteiger partial charge in [-0.25, -0.2) is 4.79 Å². The molecular formula is C18H16Cl2F3N3O3. The van der Waals surface area contributed by atoms with Gasteiger partial charge in [0.2, 0.25) is 0 Å². The van der Waals surface area contributed by atoms with Gasteiger partial charge in [0.15, 0.2) is 0 Å². The highest BCUT2D eigenvalue weighted by molar-refractivity contribution is 6.35. The van der Waals surface area contributed by atoms with Crippen LogP contribution in [0.4, 0.5) is 29.3 Å². The molecule has 0 saturated carbocycles. The van der Waals surface area contributed by atoms with Gasteiger partial charge in [0.05, 0.1) is 11.3 Å². The maximum atomic E-state index is 12.5. The number of alkyl halides is 3. The number of benzene rings is 2. The van der Waals surface area contributed by atoms with Crippen LogP contribution in [0.25, 0.3) is 0 Å². The maximum absolute atomic E-state index is 12.5. The average Bonchev–Trinajstić information content (AvgIpc) is 2.57. The average molecular weight is 450 g/mol. The second-order valence-electron chi connectivity index (χ2n) is 5.75. The van der Waals surface area contributed by atoms with Crippen LogP contribution in [0, 0.1) is 0 Å². The summed E-state index contributed by atoms with van der Waals surface area (Å²) in [4.78, 5) is 24.6. The molecule has 0 unspecified atom stereocenters. The van der Waals surface area contributed by atoms with Crippen LogP contribution in [0.2, 0.25) is 10.0 Å². The largest absolute Gasteiger partial charge is 0.573 e. The Morgan fingerprint density at radius 2 is 1.69 bits per heavy atom. The van der Waals surface area contributed by atoms with Crippen molar-refractivity contribution >= 4 is 46.5 Å². The van der Waals surface area contributed by atoms with E-state index in [0.29, 0.717) is 13.0 Å². The van der Waals surface area contributed by atoms with Crippen LogP contribution >= 0.6 is 23.2 Å². The Morgan fingerprint density at radius 3 is 2.28 bits per heavy atom. The number of anilines is 2. The Morgan fingerprint density at radius 1 is 1.03 bits per heavy atom. The summed E-state index contributed by atoms with van der Waals surface area (Å²) < 4.78 is 41.3. The number of hydrogen-bond acceptors (Lipinski definition) is 3. The van der Waals surface area contributed by atoms with Crippen LogP contribution in [0.5, 0.6) is 5.75 Å². The summed E-state index contributed by atoms with van der Waals surface area (Å²) >= 11 is 11.7. The Balaban J connectivity index is 2.27. The van der Waals surface area contributed by atoms with Crippen molar-refractivity contribution < 1.29 is 27.5 Å². The minimum Gasteiger partial charge on any atom is -0.406 e. The van der Waals surface area contributed by atoms with E-state index in [0.717, 1.165) is 18.2 Å². The lowest BCUT2D eigenvalue weighted by Gasteiger charge is -2.15. The molecule has 3 amide bonds. The van der Waals surface area contributed by atoms with Crippen LogP contribution < -0.4 is 20.7 Å². The maximum Gasteiger partial charge on any atom is 0.573 e. The highest BCUT2D eigenvalue weighted by Crippen LogP contribution is 2.28. The van der Waals surface area contributed by atoms with Gasteiger partial charge in [-0.05, 0) is 36.8 Å². The van der Waals surface area contributed by atoms with Crippen molar-refractivity contribution in [3.8, 4) is 5.75 Å². The Labute approximate surface area is 174 Å². The summed E-state index contributed by atoms with van der Waals surface area (Å²) in [6.07, 6.45) is -4.27. The van der Waals surface area contributed by atoms with Crippen LogP contribution in [-0.4, -0.2) is 24.8 Å². The molecule has 0 aliphatic rings. The zero-order valence-corrected chi connectivity index (χ0v) is 16.5. The third kappa shape index (κ3) is 7.35. The van der Waals surface area contributed by atoms with Gasteiger partial charge in [-0.1, -0.05) is 30.1 Å². The molecule has 2 aromatic rings.